The van der Waals surface area contributed by atoms with Crippen molar-refractivity contribution in [2.75, 3.05) is 13.7 Å². The Bertz CT molecular complexity index is 613. The van der Waals surface area contributed by atoms with E-state index in [-0.39, 0.29) is 18.1 Å². The van der Waals surface area contributed by atoms with Gasteiger partial charge < -0.3 is 14.4 Å². The maximum atomic E-state index is 12.4. The largest absolute Gasteiger partial charge is 0.466 e. The van der Waals surface area contributed by atoms with E-state index < -0.39 is 5.60 Å². The Morgan fingerprint density at radius 3 is 2.46 bits per heavy atom. The minimum Gasteiger partial charge on any atom is -0.466 e. The molecule has 0 bridgehead atoms. The van der Waals surface area contributed by atoms with Crippen LogP contribution in [0.25, 0.3) is 6.08 Å². The summed E-state index contributed by atoms with van der Waals surface area (Å²) in [6, 6.07) is 7.88. The highest BCUT2D eigenvalue weighted by Gasteiger charge is 2.32. The van der Waals surface area contributed by atoms with Crippen LogP contribution >= 0.6 is 0 Å². The molecular formula is C19H25NO4. The second-order valence-electron chi connectivity index (χ2n) is 6.85. The Kier molecular flexibility index (Phi) is 5.65. The summed E-state index contributed by atoms with van der Waals surface area (Å²) in [5.74, 6) is -0.383. The van der Waals surface area contributed by atoms with Gasteiger partial charge in [-0.25, -0.2) is 9.59 Å². The summed E-state index contributed by atoms with van der Waals surface area (Å²) < 4.78 is 10.1. The van der Waals surface area contributed by atoms with E-state index in [1.54, 1.807) is 11.0 Å². The van der Waals surface area contributed by atoms with E-state index in [0.717, 1.165) is 24.0 Å². The van der Waals surface area contributed by atoms with Gasteiger partial charge in [-0.2, -0.15) is 0 Å². The molecule has 2 rings (SSSR count). The van der Waals surface area contributed by atoms with Gasteiger partial charge in [0.1, 0.15) is 5.60 Å². The molecule has 0 N–H and O–H groups in total. The van der Waals surface area contributed by atoms with Crippen LogP contribution in [0.2, 0.25) is 0 Å². The Balaban J connectivity index is 2.08. The maximum absolute atomic E-state index is 12.4. The lowest BCUT2D eigenvalue weighted by Gasteiger charge is -2.28. The Morgan fingerprint density at radius 1 is 1.21 bits per heavy atom. The van der Waals surface area contributed by atoms with Crippen molar-refractivity contribution in [2.45, 2.75) is 45.3 Å². The topological polar surface area (TPSA) is 55.8 Å². The fourth-order valence-electron chi connectivity index (χ4n) is 2.71. The second-order valence-corrected chi connectivity index (χ2v) is 6.85. The van der Waals surface area contributed by atoms with Crippen molar-refractivity contribution in [1.29, 1.82) is 0 Å². The van der Waals surface area contributed by atoms with Crippen LogP contribution in [0.5, 0.6) is 0 Å². The molecule has 0 saturated carbocycles. The van der Waals surface area contributed by atoms with Gasteiger partial charge in [-0.1, -0.05) is 24.3 Å². The first-order chi connectivity index (χ1) is 11.3. The van der Waals surface area contributed by atoms with Gasteiger partial charge in [0.2, 0.25) is 0 Å². The van der Waals surface area contributed by atoms with Crippen LogP contribution in [-0.2, 0) is 14.3 Å². The molecule has 1 aromatic rings. The van der Waals surface area contributed by atoms with Gasteiger partial charge in [-0.05, 0) is 50.8 Å². The van der Waals surface area contributed by atoms with E-state index in [1.165, 1.54) is 13.2 Å². The Morgan fingerprint density at radius 2 is 1.88 bits per heavy atom. The third-order valence-electron chi connectivity index (χ3n) is 3.82. The van der Waals surface area contributed by atoms with Gasteiger partial charge in [0.25, 0.3) is 0 Å². The monoisotopic (exact) mass is 331 g/mol. The minimum absolute atomic E-state index is 0.0403. The zero-order valence-electron chi connectivity index (χ0n) is 14.7. The van der Waals surface area contributed by atoms with E-state index in [2.05, 4.69) is 4.74 Å². The Labute approximate surface area is 143 Å². The Hall–Kier alpha value is -2.30. The SMILES string of the molecule is COC(=O)/C=C/c1ccc(C2CCCN2C(=O)OC(C)(C)C)cc1. The van der Waals surface area contributed by atoms with E-state index >= 15 is 0 Å². The molecular weight excluding hydrogens is 306 g/mol. The first-order valence-electron chi connectivity index (χ1n) is 8.16. The van der Waals surface area contributed by atoms with Gasteiger partial charge in [0.15, 0.2) is 0 Å². The molecule has 1 heterocycles. The van der Waals surface area contributed by atoms with E-state index in [0.29, 0.717) is 6.54 Å². The van der Waals surface area contributed by atoms with Crippen molar-refractivity contribution >= 4 is 18.1 Å². The molecule has 1 aliphatic rings. The number of carbonyl (C=O) groups is 2. The number of esters is 1. The smallest absolute Gasteiger partial charge is 0.410 e. The van der Waals surface area contributed by atoms with Gasteiger partial charge in [0.05, 0.1) is 13.2 Å². The molecule has 1 fully saturated rings. The highest BCUT2D eigenvalue weighted by molar-refractivity contribution is 5.86. The van der Waals surface area contributed by atoms with Gasteiger partial charge in [0, 0.05) is 12.6 Å². The maximum Gasteiger partial charge on any atom is 0.410 e. The summed E-state index contributed by atoms with van der Waals surface area (Å²) in [5.41, 5.74) is 1.49. The summed E-state index contributed by atoms with van der Waals surface area (Å²) >= 11 is 0. The molecule has 130 valence electrons. The first kappa shape index (κ1) is 18.0. The van der Waals surface area contributed by atoms with Crippen LogP contribution in [0.15, 0.2) is 30.3 Å². The van der Waals surface area contributed by atoms with E-state index in [9.17, 15) is 9.59 Å². The van der Waals surface area contributed by atoms with Crippen LogP contribution in [0.3, 0.4) is 0 Å². The van der Waals surface area contributed by atoms with Crippen molar-refractivity contribution in [1.82, 2.24) is 4.90 Å². The fraction of sp³-hybridized carbons (Fsp3) is 0.474. The van der Waals surface area contributed by atoms with E-state index in [4.69, 9.17) is 4.74 Å². The quantitative estimate of drug-likeness (QED) is 0.622. The van der Waals surface area contributed by atoms with Gasteiger partial charge in [-0.3, -0.25) is 0 Å². The summed E-state index contributed by atoms with van der Waals surface area (Å²) in [5, 5.41) is 0. The van der Waals surface area contributed by atoms with E-state index in [1.807, 2.05) is 45.0 Å². The van der Waals surface area contributed by atoms with Crippen molar-refractivity contribution < 1.29 is 19.1 Å². The summed E-state index contributed by atoms with van der Waals surface area (Å²) in [6.45, 7) is 6.33. The molecule has 1 aromatic carbocycles. The molecule has 0 aromatic heterocycles. The molecule has 5 nitrogen and oxygen atoms in total. The zero-order chi connectivity index (χ0) is 17.7. The summed E-state index contributed by atoms with van der Waals surface area (Å²) in [7, 11) is 1.35. The van der Waals surface area contributed by atoms with Crippen LogP contribution in [-0.4, -0.2) is 36.2 Å². The van der Waals surface area contributed by atoms with Crippen LogP contribution in [0.4, 0.5) is 4.79 Å². The molecule has 5 heteroatoms. The summed E-state index contributed by atoms with van der Waals surface area (Å²) in [6.07, 6.45) is 4.72. The first-order valence-corrected chi connectivity index (χ1v) is 8.16. The molecule has 1 saturated heterocycles. The lowest BCUT2D eigenvalue weighted by molar-refractivity contribution is -0.134. The molecule has 0 spiro atoms. The molecule has 1 unspecified atom stereocenters. The third kappa shape index (κ3) is 4.85. The number of carbonyl (C=O) groups excluding carboxylic acids is 2. The molecule has 1 atom stereocenters. The number of rotatable bonds is 3. The average molecular weight is 331 g/mol. The number of amides is 1. The number of benzene rings is 1. The molecule has 24 heavy (non-hydrogen) atoms. The van der Waals surface area contributed by atoms with Gasteiger partial charge >= 0.3 is 12.1 Å². The number of methoxy groups -OCH3 is 1. The highest BCUT2D eigenvalue weighted by Crippen LogP contribution is 2.33. The molecule has 0 radical (unpaired) electrons. The van der Waals surface area contributed by atoms with Crippen molar-refractivity contribution in [3.63, 3.8) is 0 Å². The van der Waals surface area contributed by atoms with Crippen LogP contribution in [0, 0.1) is 0 Å². The van der Waals surface area contributed by atoms with Crippen LogP contribution in [0.1, 0.15) is 50.8 Å². The minimum atomic E-state index is -0.493. The molecule has 0 aliphatic carbocycles. The predicted molar refractivity (Wildman–Crippen MR) is 92.4 cm³/mol. The number of hydrogen-bond donors (Lipinski definition) is 0. The zero-order valence-corrected chi connectivity index (χ0v) is 14.7. The highest BCUT2D eigenvalue weighted by atomic mass is 16.6. The molecule has 1 amide bonds. The number of hydrogen-bond acceptors (Lipinski definition) is 4. The lowest BCUT2D eigenvalue weighted by Crippen LogP contribution is -2.36. The second kappa shape index (κ2) is 7.51. The number of likely N-dealkylation sites (tertiary alicyclic amines) is 1. The van der Waals surface area contributed by atoms with Crippen molar-refractivity contribution in [2.24, 2.45) is 0 Å². The van der Waals surface area contributed by atoms with Gasteiger partial charge in [-0.15, -0.1) is 0 Å². The normalized spacial score (nSPS) is 18.0. The average Bonchev–Trinajstić information content (AvgIpc) is 3.01. The standard InChI is InChI=1S/C19H25NO4/c1-19(2,3)24-18(22)20-13-5-6-16(20)15-10-7-14(8-11-15)9-12-17(21)23-4/h7-12,16H,5-6,13H2,1-4H3/b12-9+. The number of ether oxygens (including phenoxy) is 2. The fourth-order valence-corrected chi connectivity index (χ4v) is 2.71. The lowest BCUT2D eigenvalue weighted by atomic mass is 10.0. The summed E-state index contributed by atoms with van der Waals surface area (Å²) in [4.78, 5) is 25.3. The number of nitrogens with zero attached hydrogens (tertiary/aromatic N) is 1. The van der Waals surface area contributed by atoms with Crippen molar-refractivity contribution in [3.05, 3.63) is 41.5 Å². The predicted octanol–water partition coefficient (Wildman–Crippen LogP) is 3.94. The van der Waals surface area contributed by atoms with Crippen molar-refractivity contribution in [3.8, 4) is 0 Å². The molecule has 1 aliphatic heterocycles. The van der Waals surface area contributed by atoms with Crippen LogP contribution < -0.4 is 0 Å². The third-order valence-corrected chi connectivity index (χ3v) is 3.82.